The number of carbonyl (C=O) groups excluding carboxylic acids is 1. The largest absolute Gasteiger partial charge is 0.481 e. The van der Waals surface area contributed by atoms with Gasteiger partial charge in [-0.3, -0.25) is 9.59 Å². The molecular weight excluding hydrogens is 268 g/mol. The minimum Gasteiger partial charge on any atom is -0.481 e. The summed E-state index contributed by atoms with van der Waals surface area (Å²) in [6, 6.07) is 10.3. The van der Waals surface area contributed by atoms with Gasteiger partial charge in [-0.05, 0) is 23.9 Å². The third-order valence-corrected chi connectivity index (χ3v) is 3.55. The van der Waals surface area contributed by atoms with E-state index < -0.39 is 5.97 Å². The van der Waals surface area contributed by atoms with E-state index in [0.29, 0.717) is 13.0 Å². The number of carboxylic acid groups (broad SMARTS) is 1. The molecule has 0 atom stereocenters. The summed E-state index contributed by atoms with van der Waals surface area (Å²) in [4.78, 5) is 21.9. The van der Waals surface area contributed by atoms with Crippen LogP contribution in [0.2, 0.25) is 0 Å². The molecule has 0 aliphatic carbocycles. The van der Waals surface area contributed by atoms with E-state index in [-0.39, 0.29) is 18.7 Å². The second kappa shape index (κ2) is 6.92. The van der Waals surface area contributed by atoms with Gasteiger partial charge in [-0.25, -0.2) is 0 Å². The lowest BCUT2D eigenvalue weighted by Gasteiger charge is -2.06. The molecule has 0 saturated heterocycles. The molecule has 5 heteroatoms. The first kappa shape index (κ1) is 15.1. The number of rotatable bonds is 7. The Kier molecular flexibility index (Phi) is 4.98. The SMILES string of the molecule is Cn1c(CCNC(=O)CCCC(=O)O)cc2ccccc21. The number of nitrogens with one attached hydrogen (secondary N) is 1. The monoisotopic (exact) mass is 288 g/mol. The highest BCUT2D eigenvalue weighted by atomic mass is 16.4. The van der Waals surface area contributed by atoms with Crippen LogP contribution in [0.4, 0.5) is 0 Å². The first-order valence-corrected chi connectivity index (χ1v) is 7.10. The normalized spacial score (nSPS) is 10.7. The van der Waals surface area contributed by atoms with E-state index in [1.165, 1.54) is 16.6 Å². The van der Waals surface area contributed by atoms with Crippen molar-refractivity contribution in [2.24, 2.45) is 7.05 Å². The lowest BCUT2D eigenvalue weighted by molar-refractivity contribution is -0.137. The van der Waals surface area contributed by atoms with Crippen molar-refractivity contribution in [1.29, 1.82) is 0 Å². The molecule has 0 aliphatic rings. The number of aryl methyl sites for hydroxylation is 1. The standard InChI is InChI=1S/C16H20N2O3/c1-18-13(11-12-5-2-3-6-14(12)18)9-10-17-15(19)7-4-8-16(20)21/h2-3,5-6,11H,4,7-10H2,1H3,(H,17,19)(H,20,21). The van der Waals surface area contributed by atoms with Crippen LogP contribution in [0.1, 0.15) is 25.0 Å². The number of aliphatic carboxylic acids is 1. The Morgan fingerprint density at radius 1 is 1.24 bits per heavy atom. The van der Waals surface area contributed by atoms with Gasteiger partial charge in [0.05, 0.1) is 0 Å². The Hall–Kier alpha value is -2.30. The molecule has 1 amide bonds. The minimum atomic E-state index is -0.863. The summed E-state index contributed by atoms with van der Waals surface area (Å²) in [6.07, 6.45) is 1.45. The van der Waals surface area contributed by atoms with Crippen molar-refractivity contribution in [2.45, 2.75) is 25.7 Å². The maximum absolute atomic E-state index is 11.6. The van der Waals surface area contributed by atoms with Crippen molar-refractivity contribution in [3.8, 4) is 0 Å². The maximum Gasteiger partial charge on any atom is 0.303 e. The molecule has 0 fully saturated rings. The van der Waals surface area contributed by atoms with Gasteiger partial charge in [0.1, 0.15) is 0 Å². The molecule has 2 N–H and O–H groups in total. The molecule has 1 heterocycles. The summed E-state index contributed by atoms with van der Waals surface area (Å²) in [6.45, 7) is 0.566. The third-order valence-electron chi connectivity index (χ3n) is 3.55. The number of amides is 1. The van der Waals surface area contributed by atoms with Gasteiger partial charge >= 0.3 is 5.97 Å². The van der Waals surface area contributed by atoms with Gasteiger partial charge in [0.15, 0.2) is 0 Å². The topological polar surface area (TPSA) is 71.3 Å². The van der Waals surface area contributed by atoms with Gasteiger partial charge in [0.25, 0.3) is 0 Å². The molecule has 1 aromatic carbocycles. The highest BCUT2D eigenvalue weighted by Crippen LogP contribution is 2.18. The van der Waals surface area contributed by atoms with Crippen molar-refractivity contribution in [1.82, 2.24) is 9.88 Å². The van der Waals surface area contributed by atoms with Crippen molar-refractivity contribution >= 4 is 22.8 Å². The maximum atomic E-state index is 11.6. The van der Waals surface area contributed by atoms with E-state index in [2.05, 4.69) is 28.1 Å². The predicted octanol–water partition coefficient (Wildman–Crippen LogP) is 2.09. The smallest absolute Gasteiger partial charge is 0.303 e. The van der Waals surface area contributed by atoms with Crippen molar-refractivity contribution < 1.29 is 14.7 Å². The van der Waals surface area contributed by atoms with Crippen LogP contribution in [-0.2, 0) is 23.1 Å². The van der Waals surface area contributed by atoms with Gasteiger partial charge in [0, 0.05) is 44.1 Å². The van der Waals surface area contributed by atoms with Crippen LogP contribution in [0.25, 0.3) is 10.9 Å². The van der Waals surface area contributed by atoms with Crippen LogP contribution in [0.15, 0.2) is 30.3 Å². The van der Waals surface area contributed by atoms with Crippen LogP contribution in [0, 0.1) is 0 Å². The Bertz CT molecular complexity index is 646. The number of aromatic nitrogens is 1. The number of para-hydroxylation sites is 1. The predicted molar refractivity (Wildman–Crippen MR) is 81.1 cm³/mol. The van der Waals surface area contributed by atoms with Crippen molar-refractivity contribution in [3.05, 3.63) is 36.0 Å². The Balaban J connectivity index is 1.81. The van der Waals surface area contributed by atoms with Gasteiger partial charge in [0.2, 0.25) is 5.91 Å². The second-order valence-electron chi connectivity index (χ2n) is 5.10. The van der Waals surface area contributed by atoms with Crippen LogP contribution in [-0.4, -0.2) is 28.1 Å². The molecule has 21 heavy (non-hydrogen) atoms. The summed E-state index contributed by atoms with van der Waals surface area (Å²) in [5.74, 6) is -0.951. The highest BCUT2D eigenvalue weighted by Gasteiger charge is 2.06. The minimum absolute atomic E-state index is 0.0383. The number of fused-ring (bicyclic) bond motifs is 1. The number of nitrogens with zero attached hydrogens (tertiary/aromatic N) is 1. The molecule has 0 unspecified atom stereocenters. The zero-order valence-corrected chi connectivity index (χ0v) is 12.1. The molecule has 0 spiro atoms. The Labute approximate surface area is 123 Å². The number of carboxylic acids is 1. The van der Waals surface area contributed by atoms with Crippen LogP contribution >= 0.6 is 0 Å². The van der Waals surface area contributed by atoms with Gasteiger partial charge in [-0.1, -0.05) is 18.2 Å². The number of hydrogen-bond donors (Lipinski definition) is 2. The molecular formula is C16H20N2O3. The lowest BCUT2D eigenvalue weighted by atomic mass is 10.2. The number of hydrogen-bond acceptors (Lipinski definition) is 2. The summed E-state index contributed by atoms with van der Waals surface area (Å²) in [5.41, 5.74) is 2.35. The third kappa shape index (κ3) is 4.08. The molecule has 2 rings (SSSR count). The number of carbonyl (C=O) groups is 2. The zero-order chi connectivity index (χ0) is 15.2. The molecule has 0 aliphatic heterocycles. The van der Waals surface area contributed by atoms with Crippen molar-refractivity contribution in [3.63, 3.8) is 0 Å². The number of benzene rings is 1. The van der Waals surface area contributed by atoms with Crippen LogP contribution in [0.5, 0.6) is 0 Å². The van der Waals surface area contributed by atoms with E-state index >= 15 is 0 Å². The van der Waals surface area contributed by atoms with Crippen LogP contribution in [0.3, 0.4) is 0 Å². The average Bonchev–Trinajstić information content (AvgIpc) is 2.76. The summed E-state index contributed by atoms with van der Waals surface area (Å²) < 4.78 is 2.13. The van der Waals surface area contributed by atoms with Crippen molar-refractivity contribution in [2.75, 3.05) is 6.54 Å². The molecule has 5 nitrogen and oxygen atoms in total. The lowest BCUT2D eigenvalue weighted by Crippen LogP contribution is -2.25. The summed E-state index contributed by atoms with van der Waals surface area (Å²) in [5, 5.41) is 12.5. The first-order valence-electron chi connectivity index (χ1n) is 7.10. The fourth-order valence-corrected chi connectivity index (χ4v) is 2.40. The van der Waals surface area contributed by atoms with Gasteiger partial charge in [-0.15, -0.1) is 0 Å². The summed E-state index contributed by atoms with van der Waals surface area (Å²) in [7, 11) is 2.02. The zero-order valence-electron chi connectivity index (χ0n) is 12.1. The van der Waals surface area contributed by atoms with E-state index in [9.17, 15) is 9.59 Å². The van der Waals surface area contributed by atoms with Crippen LogP contribution < -0.4 is 5.32 Å². The van der Waals surface area contributed by atoms with E-state index in [1.54, 1.807) is 0 Å². The van der Waals surface area contributed by atoms with Gasteiger partial charge < -0.3 is 15.0 Å². The van der Waals surface area contributed by atoms with E-state index in [0.717, 1.165) is 6.42 Å². The summed E-state index contributed by atoms with van der Waals surface area (Å²) >= 11 is 0. The average molecular weight is 288 g/mol. The molecule has 0 bridgehead atoms. The second-order valence-corrected chi connectivity index (χ2v) is 5.10. The van der Waals surface area contributed by atoms with Gasteiger partial charge in [-0.2, -0.15) is 0 Å². The fourth-order valence-electron chi connectivity index (χ4n) is 2.40. The van der Waals surface area contributed by atoms with E-state index in [1.807, 2.05) is 19.2 Å². The molecule has 112 valence electrons. The molecule has 0 radical (unpaired) electrons. The molecule has 2 aromatic rings. The molecule has 1 aromatic heterocycles. The Morgan fingerprint density at radius 3 is 2.71 bits per heavy atom. The fraction of sp³-hybridized carbons (Fsp3) is 0.375. The van der Waals surface area contributed by atoms with E-state index in [4.69, 9.17) is 5.11 Å². The Morgan fingerprint density at radius 2 is 2.00 bits per heavy atom. The quantitative estimate of drug-likeness (QED) is 0.819. The molecule has 0 saturated carbocycles. The highest BCUT2D eigenvalue weighted by molar-refractivity contribution is 5.81. The first-order chi connectivity index (χ1) is 10.1.